The van der Waals surface area contributed by atoms with E-state index in [-0.39, 0.29) is 28.8 Å². The lowest BCUT2D eigenvalue weighted by atomic mass is 10.1. The number of hydrogen-bond donors (Lipinski definition) is 2. The zero-order valence-electron chi connectivity index (χ0n) is 14.2. The van der Waals surface area contributed by atoms with Crippen LogP contribution < -0.4 is 11.2 Å². The van der Waals surface area contributed by atoms with E-state index in [1.54, 1.807) is 13.8 Å². The predicted octanol–water partition coefficient (Wildman–Crippen LogP) is 1.40. The number of hydrazone groups is 1. The van der Waals surface area contributed by atoms with E-state index in [9.17, 15) is 13.6 Å². The molecule has 0 saturated carbocycles. The molecule has 0 atom stereocenters. The van der Waals surface area contributed by atoms with Crippen LogP contribution in [0.5, 0.6) is 0 Å². The summed E-state index contributed by atoms with van der Waals surface area (Å²) in [5.41, 5.74) is 8.08. The van der Waals surface area contributed by atoms with Crippen molar-refractivity contribution >= 4 is 17.9 Å². The standard InChI is InChI=1S/C15H14F2N8O2/c1-7(2)12-11(20-24-25(12)14-13(18)22-27-23-14)15(26)21-19-6-8-5-9(16)3-4-10(8)17/h3-7H,1-2H3,(H2,18,22)(H,21,26)/b19-6-. The quantitative estimate of drug-likeness (QED) is 0.507. The molecule has 1 amide bonds. The minimum atomic E-state index is -0.701. The third kappa shape index (κ3) is 3.63. The van der Waals surface area contributed by atoms with Crippen molar-refractivity contribution in [2.75, 3.05) is 5.73 Å². The summed E-state index contributed by atoms with van der Waals surface area (Å²) < 4.78 is 32.5. The highest BCUT2D eigenvalue weighted by atomic mass is 19.1. The topological polar surface area (TPSA) is 137 Å². The summed E-state index contributed by atoms with van der Waals surface area (Å²) in [5, 5.41) is 18.4. The minimum absolute atomic E-state index is 0.0200. The highest BCUT2D eigenvalue weighted by Crippen LogP contribution is 2.22. The van der Waals surface area contributed by atoms with Gasteiger partial charge in [-0.2, -0.15) is 9.78 Å². The van der Waals surface area contributed by atoms with Crippen molar-refractivity contribution in [2.45, 2.75) is 19.8 Å². The van der Waals surface area contributed by atoms with E-state index in [0.717, 1.165) is 24.4 Å². The molecule has 3 aromatic rings. The van der Waals surface area contributed by atoms with Gasteiger partial charge < -0.3 is 5.73 Å². The smallest absolute Gasteiger partial charge is 0.293 e. The second kappa shape index (κ2) is 7.27. The van der Waals surface area contributed by atoms with E-state index >= 15 is 0 Å². The molecule has 0 unspecified atom stereocenters. The Morgan fingerprint density at radius 1 is 1.37 bits per heavy atom. The fraction of sp³-hybridized carbons (Fsp3) is 0.200. The van der Waals surface area contributed by atoms with Gasteiger partial charge in [0, 0.05) is 5.56 Å². The van der Waals surface area contributed by atoms with E-state index in [4.69, 9.17) is 5.73 Å². The zero-order chi connectivity index (χ0) is 19.6. The second-order valence-corrected chi connectivity index (χ2v) is 5.73. The third-order valence-electron chi connectivity index (χ3n) is 3.49. The maximum absolute atomic E-state index is 13.6. The first kappa shape index (κ1) is 18.1. The maximum Gasteiger partial charge on any atom is 0.293 e. The molecule has 12 heteroatoms. The van der Waals surface area contributed by atoms with Crippen LogP contribution in [0, 0.1) is 11.6 Å². The lowest BCUT2D eigenvalue weighted by Gasteiger charge is -2.08. The number of nitrogens with zero attached hydrogens (tertiary/aromatic N) is 6. The molecular formula is C15H14F2N8O2. The molecule has 0 saturated heterocycles. The zero-order valence-corrected chi connectivity index (χ0v) is 14.2. The van der Waals surface area contributed by atoms with Crippen molar-refractivity contribution in [3.63, 3.8) is 0 Å². The van der Waals surface area contributed by atoms with Crippen molar-refractivity contribution in [1.29, 1.82) is 0 Å². The van der Waals surface area contributed by atoms with Gasteiger partial charge in [0.2, 0.25) is 11.6 Å². The van der Waals surface area contributed by atoms with Crippen LogP contribution in [0.4, 0.5) is 14.6 Å². The van der Waals surface area contributed by atoms with Crippen molar-refractivity contribution < 1.29 is 18.2 Å². The summed E-state index contributed by atoms with van der Waals surface area (Å²) in [4.78, 5) is 12.4. The predicted molar refractivity (Wildman–Crippen MR) is 89.1 cm³/mol. The Balaban J connectivity index is 1.85. The molecule has 0 fully saturated rings. The van der Waals surface area contributed by atoms with Gasteiger partial charge in [0.25, 0.3) is 5.91 Å². The van der Waals surface area contributed by atoms with Crippen molar-refractivity contribution in [3.8, 4) is 5.82 Å². The summed E-state index contributed by atoms with van der Waals surface area (Å²) in [5.74, 6) is -2.14. The number of carbonyl (C=O) groups excluding carboxylic acids is 1. The first-order valence-electron chi connectivity index (χ1n) is 7.71. The molecule has 0 radical (unpaired) electrons. The van der Waals surface area contributed by atoms with E-state index in [2.05, 4.69) is 35.8 Å². The number of aromatic nitrogens is 5. The summed E-state index contributed by atoms with van der Waals surface area (Å²) >= 11 is 0. The average molecular weight is 376 g/mol. The van der Waals surface area contributed by atoms with Crippen molar-refractivity contribution in [1.82, 2.24) is 30.7 Å². The molecule has 0 spiro atoms. The Kier molecular flexibility index (Phi) is 4.88. The molecule has 2 aromatic heterocycles. The number of anilines is 1. The normalized spacial score (nSPS) is 11.4. The van der Waals surface area contributed by atoms with Gasteiger partial charge in [-0.05, 0) is 34.4 Å². The van der Waals surface area contributed by atoms with Crippen LogP contribution in [-0.2, 0) is 0 Å². The molecule has 0 bridgehead atoms. The highest BCUT2D eigenvalue weighted by Gasteiger charge is 2.25. The summed E-state index contributed by atoms with van der Waals surface area (Å²) in [6.45, 7) is 3.61. The summed E-state index contributed by atoms with van der Waals surface area (Å²) in [6.07, 6.45) is 0.981. The highest BCUT2D eigenvalue weighted by molar-refractivity contribution is 5.94. The van der Waals surface area contributed by atoms with Crippen LogP contribution in [0.2, 0.25) is 0 Å². The van der Waals surface area contributed by atoms with Gasteiger partial charge in [-0.15, -0.1) is 5.10 Å². The van der Waals surface area contributed by atoms with Crippen LogP contribution >= 0.6 is 0 Å². The molecule has 3 rings (SSSR count). The first-order valence-corrected chi connectivity index (χ1v) is 7.71. The van der Waals surface area contributed by atoms with E-state index in [0.29, 0.717) is 5.69 Å². The number of benzene rings is 1. The minimum Gasteiger partial charge on any atom is -0.378 e. The molecule has 2 heterocycles. The Hall–Kier alpha value is -3.70. The van der Waals surface area contributed by atoms with Gasteiger partial charge in [0.05, 0.1) is 11.9 Å². The van der Waals surface area contributed by atoms with Crippen LogP contribution in [0.1, 0.15) is 41.5 Å². The Bertz CT molecular complexity index is 1010. The van der Waals surface area contributed by atoms with Gasteiger partial charge in [-0.3, -0.25) is 4.79 Å². The fourth-order valence-electron chi connectivity index (χ4n) is 2.29. The van der Waals surface area contributed by atoms with Gasteiger partial charge in [0.15, 0.2) is 5.69 Å². The van der Waals surface area contributed by atoms with E-state index < -0.39 is 17.5 Å². The molecule has 0 aliphatic carbocycles. The van der Waals surface area contributed by atoms with Crippen LogP contribution in [-0.4, -0.2) is 37.4 Å². The van der Waals surface area contributed by atoms with Crippen LogP contribution in [0.25, 0.3) is 5.82 Å². The van der Waals surface area contributed by atoms with Crippen LogP contribution in [0.3, 0.4) is 0 Å². The third-order valence-corrected chi connectivity index (χ3v) is 3.49. The monoisotopic (exact) mass is 376 g/mol. The molecule has 0 aliphatic heterocycles. The molecule has 140 valence electrons. The van der Waals surface area contributed by atoms with E-state index in [1.165, 1.54) is 4.68 Å². The molecule has 27 heavy (non-hydrogen) atoms. The number of halogens is 2. The number of carbonyl (C=O) groups is 1. The number of nitrogens with two attached hydrogens (primary N) is 1. The Morgan fingerprint density at radius 3 is 2.81 bits per heavy atom. The molecule has 0 aliphatic rings. The van der Waals surface area contributed by atoms with Gasteiger partial charge in [-0.1, -0.05) is 19.1 Å². The van der Waals surface area contributed by atoms with E-state index in [1.807, 2.05) is 0 Å². The fourth-order valence-corrected chi connectivity index (χ4v) is 2.29. The molecule has 3 N–H and O–H groups in total. The molecule has 10 nitrogen and oxygen atoms in total. The molecular weight excluding hydrogens is 362 g/mol. The van der Waals surface area contributed by atoms with Gasteiger partial charge >= 0.3 is 0 Å². The Labute approximate surface area is 151 Å². The number of hydrogen-bond acceptors (Lipinski definition) is 8. The van der Waals surface area contributed by atoms with Gasteiger partial charge in [0.1, 0.15) is 11.6 Å². The van der Waals surface area contributed by atoms with Gasteiger partial charge in [-0.25, -0.2) is 18.8 Å². The number of nitrogens with one attached hydrogen (secondary N) is 1. The lowest BCUT2D eigenvalue weighted by molar-refractivity contribution is 0.0948. The average Bonchev–Trinajstić information content (AvgIpc) is 3.23. The van der Waals surface area contributed by atoms with Crippen LogP contribution in [0.15, 0.2) is 27.9 Å². The summed E-state index contributed by atoms with van der Waals surface area (Å²) in [7, 11) is 0. The number of rotatable bonds is 5. The second-order valence-electron chi connectivity index (χ2n) is 5.73. The lowest BCUT2D eigenvalue weighted by Crippen LogP contribution is -2.21. The largest absolute Gasteiger partial charge is 0.378 e. The first-order chi connectivity index (χ1) is 12.9. The maximum atomic E-state index is 13.6. The summed E-state index contributed by atoms with van der Waals surface area (Å²) in [6, 6.07) is 2.88. The SMILES string of the molecule is CC(C)c1c(C(=O)N/N=C\c2cc(F)ccc2F)nnn1-c1nonc1N. The van der Waals surface area contributed by atoms with Crippen molar-refractivity contribution in [3.05, 3.63) is 46.8 Å². The van der Waals surface area contributed by atoms with Crippen molar-refractivity contribution in [2.24, 2.45) is 5.10 Å². The number of nitrogen functional groups attached to an aromatic ring is 1. The molecule has 1 aromatic carbocycles. The Morgan fingerprint density at radius 2 is 2.15 bits per heavy atom. The number of amides is 1.